The van der Waals surface area contributed by atoms with Gasteiger partial charge in [-0.1, -0.05) is 24.3 Å². The lowest BCUT2D eigenvalue weighted by atomic mass is 9.99. The van der Waals surface area contributed by atoms with E-state index in [1.807, 2.05) is 18.2 Å². The van der Waals surface area contributed by atoms with Crippen LogP contribution in [0, 0.1) is 0 Å². The first-order chi connectivity index (χ1) is 7.36. The second-order valence-corrected chi connectivity index (χ2v) is 3.69. The minimum Gasteiger partial charge on any atom is -0.305 e. The molecule has 2 aromatic rings. The van der Waals surface area contributed by atoms with E-state index in [9.17, 15) is 4.79 Å². The Kier molecular flexibility index (Phi) is 1.71. The van der Waals surface area contributed by atoms with Gasteiger partial charge in [-0.15, -0.1) is 0 Å². The normalized spacial score (nSPS) is 13.1. The van der Waals surface area contributed by atoms with Crippen molar-refractivity contribution in [1.82, 2.24) is 9.55 Å². The molecule has 0 unspecified atom stereocenters. The van der Waals surface area contributed by atoms with Crippen LogP contribution in [0.5, 0.6) is 0 Å². The molecule has 0 saturated carbocycles. The third-order valence-electron chi connectivity index (χ3n) is 2.84. The highest BCUT2D eigenvalue weighted by molar-refractivity contribution is 5.64. The fourth-order valence-corrected chi connectivity index (χ4v) is 2.10. The van der Waals surface area contributed by atoms with Gasteiger partial charge in [-0.2, -0.15) is 0 Å². The lowest BCUT2D eigenvalue weighted by Gasteiger charge is -2.20. The second-order valence-electron chi connectivity index (χ2n) is 3.69. The van der Waals surface area contributed by atoms with Gasteiger partial charge in [0.25, 0.3) is 5.56 Å². The number of hydrogen-bond acceptors (Lipinski definition) is 2. The van der Waals surface area contributed by atoms with Crippen LogP contribution >= 0.6 is 0 Å². The monoisotopic (exact) mass is 198 g/mol. The number of hydrogen-bond donors (Lipinski definition) is 0. The van der Waals surface area contributed by atoms with E-state index in [0.717, 1.165) is 24.2 Å². The summed E-state index contributed by atoms with van der Waals surface area (Å²) in [5.41, 5.74) is 3.35. The van der Waals surface area contributed by atoms with Crippen LogP contribution < -0.4 is 5.56 Å². The average Bonchev–Trinajstić information content (AvgIpc) is 2.29. The highest BCUT2D eigenvalue weighted by Crippen LogP contribution is 2.26. The molecule has 0 atom stereocenters. The summed E-state index contributed by atoms with van der Waals surface area (Å²) in [6.45, 7) is 0.758. The predicted molar refractivity (Wildman–Crippen MR) is 57.6 cm³/mol. The van der Waals surface area contributed by atoms with E-state index in [4.69, 9.17) is 0 Å². The van der Waals surface area contributed by atoms with Gasteiger partial charge in [0, 0.05) is 12.1 Å². The van der Waals surface area contributed by atoms with Crippen molar-refractivity contribution in [3.63, 3.8) is 0 Å². The summed E-state index contributed by atoms with van der Waals surface area (Å²) in [5, 5.41) is 0. The largest absolute Gasteiger partial charge is 0.305 e. The molecule has 74 valence electrons. The van der Waals surface area contributed by atoms with Gasteiger partial charge in [-0.3, -0.25) is 9.78 Å². The van der Waals surface area contributed by atoms with E-state index in [0.29, 0.717) is 0 Å². The number of fused-ring (bicyclic) bond motifs is 3. The standard InChI is InChI=1S/C12H10N2O/c15-12-8-13-7-11-10-4-2-1-3-9(10)5-6-14(11)12/h1-4,7-8H,5-6H2. The van der Waals surface area contributed by atoms with Crippen LogP contribution in [0.2, 0.25) is 0 Å². The molecule has 0 N–H and O–H groups in total. The van der Waals surface area contributed by atoms with Crippen LogP contribution in [0.4, 0.5) is 0 Å². The Hall–Kier alpha value is -1.90. The number of benzene rings is 1. The summed E-state index contributed by atoms with van der Waals surface area (Å²) in [7, 11) is 0. The SMILES string of the molecule is O=c1cncc2n1CCc1ccccc1-2. The Morgan fingerprint density at radius 1 is 1.20 bits per heavy atom. The second kappa shape index (κ2) is 3.05. The van der Waals surface area contributed by atoms with E-state index in [2.05, 4.69) is 11.1 Å². The van der Waals surface area contributed by atoms with Crippen molar-refractivity contribution in [2.75, 3.05) is 0 Å². The fourth-order valence-electron chi connectivity index (χ4n) is 2.10. The number of rotatable bonds is 0. The molecule has 0 bridgehead atoms. The quantitative estimate of drug-likeness (QED) is 0.642. The van der Waals surface area contributed by atoms with Crippen LogP contribution in [-0.2, 0) is 13.0 Å². The first kappa shape index (κ1) is 8.41. The number of nitrogens with zero attached hydrogens (tertiary/aromatic N) is 2. The maximum Gasteiger partial charge on any atom is 0.269 e. The Labute approximate surface area is 87.0 Å². The fraction of sp³-hybridized carbons (Fsp3) is 0.167. The van der Waals surface area contributed by atoms with Crippen molar-refractivity contribution in [3.8, 4) is 11.3 Å². The first-order valence-electron chi connectivity index (χ1n) is 4.99. The van der Waals surface area contributed by atoms with Crippen molar-refractivity contribution >= 4 is 0 Å². The molecular formula is C12H10N2O. The molecule has 0 aliphatic carbocycles. The molecule has 15 heavy (non-hydrogen) atoms. The first-order valence-corrected chi connectivity index (χ1v) is 4.99. The third kappa shape index (κ3) is 1.20. The molecule has 3 heteroatoms. The van der Waals surface area contributed by atoms with Gasteiger partial charge < -0.3 is 4.57 Å². The maximum atomic E-state index is 11.6. The molecule has 0 saturated heterocycles. The zero-order chi connectivity index (χ0) is 10.3. The maximum absolute atomic E-state index is 11.6. The summed E-state index contributed by atoms with van der Waals surface area (Å²) in [4.78, 5) is 15.5. The molecular weight excluding hydrogens is 188 g/mol. The molecule has 1 aromatic heterocycles. The van der Waals surface area contributed by atoms with E-state index < -0.39 is 0 Å². The van der Waals surface area contributed by atoms with Gasteiger partial charge in [0.05, 0.1) is 18.1 Å². The van der Waals surface area contributed by atoms with E-state index in [1.54, 1.807) is 10.8 Å². The smallest absolute Gasteiger partial charge is 0.269 e. The Bertz CT molecular complexity index is 572. The van der Waals surface area contributed by atoms with Gasteiger partial charge in [-0.25, -0.2) is 0 Å². The van der Waals surface area contributed by atoms with Crippen molar-refractivity contribution < 1.29 is 0 Å². The topological polar surface area (TPSA) is 34.9 Å². The van der Waals surface area contributed by atoms with E-state index in [-0.39, 0.29) is 5.56 Å². The summed E-state index contributed by atoms with van der Waals surface area (Å²) in [6.07, 6.45) is 4.06. The molecule has 1 aliphatic heterocycles. The van der Waals surface area contributed by atoms with Crippen LogP contribution in [-0.4, -0.2) is 9.55 Å². The van der Waals surface area contributed by atoms with Gasteiger partial charge in [-0.05, 0) is 12.0 Å². The Morgan fingerprint density at radius 2 is 2.07 bits per heavy atom. The van der Waals surface area contributed by atoms with Crippen molar-refractivity contribution in [1.29, 1.82) is 0 Å². The van der Waals surface area contributed by atoms with Crippen molar-refractivity contribution in [2.24, 2.45) is 0 Å². The highest BCUT2D eigenvalue weighted by Gasteiger charge is 2.15. The zero-order valence-electron chi connectivity index (χ0n) is 8.18. The molecule has 0 amide bonds. The molecule has 0 spiro atoms. The van der Waals surface area contributed by atoms with Crippen LogP contribution in [0.1, 0.15) is 5.56 Å². The van der Waals surface area contributed by atoms with Crippen LogP contribution in [0.15, 0.2) is 41.5 Å². The van der Waals surface area contributed by atoms with Gasteiger partial charge in [0.2, 0.25) is 0 Å². The summed E-state index contributed by atoms with van der Waals surface area (Å²) in [6, 6.07) is 8.17. The average molecular weight is 198 g/mol. The van der Waals surface area contributed by atoms with Gasteiger partial charge in [0.15, 0.2) is 0 Å². The molecule has 3 nitrogen and oxygen atoms in total. The molecule has 1 aliphatic rings. The highest BCUT2D eigenvalue weighted by atomic mass is 16.1. The lowest BCUT2D eigenvalue weighted by Crippen LogP contribution is -2.25. The van der Waals surface area contributed by atoms with Crippen LogP contribution in [0.3, 0.4) is 0 Å². The van der Waals surface area contributed by atoms with E-state index in [1.165, 1.54) is 11.8 Å². The summed E-state index contributed by atoms with van der Waals surface area (Å²) in [5.74, 6) is 0. The summed E-state index contributed by atoms with van der Waals surface area (Å²) < 4.78 is 1.79. The lowest BCUT2D eigenvalue weighted by molar-refractivity contribution is 0.653. The van der Waals surface area contributed by atoms with Gasteiger partial charge >= 0.3 is 0 Å². The zero-order valence-corrected chi connectivity index (χ0v) is 8.18. The van der Waals surface area contributed by atoms with Crippen LogP contribution in [0.25, 0.3) is 11.3 Å². The molecule has 0 fully saturated rings. The van der Waals surface area contributed by atoms with Crippen molar-refractivity contribution in [3.05, 3.63) is 52.6 Å². The molecule has 1 aromatic carbocycles. The summed E-state index contributed by atoms with van der Waals surface area (Å²) >= 11 is 0. The van der Waals surface area contributed by atoms with Gasteiger partial charge in [0.1, 0.15) is 0 Å². The molecule has 3 rings (SSSR count). The Balaban J connectivity index is 2.35. The number of aromatic nitrogens is 2. The van der Waals surface area contributed by atoms with Crippen molar-refractivity contribution in [2.45, 2.75) is 13.0 Å². The predicted octanol–water partition coefficient (Wildman–Crippen LogP) is 1.47. The minimum absolute atomic E-state index is 0.0120. The Morgan fingerprint density at radius 3 is 3.00 bits per heavy atom. The number of aryl methyl sites for hydroxylation is 1. The minimum atomic E-state index is -0.0120. The molecule has 2 heterocycles. The molecule has 0 radical (unpaired) electrons. The third-order valence-corrected chi connectivity index (χ3v) is 2.84. The van der Waals surface area contributed by atoms with E-state index >= 15 is 0 Å².